The normalized spacial score (nSPS) is 11.9. The van der Waals surface area contributed by atoms with Gasteiger partial charge in [0.05, 0.1) is 22.1 Å². The second kappa shape index (κ2) is 11.0. The Labute approximate surface area is 297 Å². The van der Waals surface area contributed by atoms with Crippen LogP contribution in [0.3, 0.4) is 0 Å². The van der Waals surface area contributed by atoms with E-state index in [0.717, 1.165) is 39.4 Å². The zero-order valence-electron chi connectivity index (χ0n) is 27.4. The van der Waals surface area contributed by atoms with Crippen molar-refractivity contribution in [2.45, 2.75) is 0 Å². The van der Waals surface area contributed by atoms with E-state index < -0.39 is 0 Å². The number of rotatable bonds is 4. The Morgan fingerprint density at radius 2 is 0.980 bits per heavy atom. The Morgan fingerprint density at radius 3 is 1.76 bits per heavy atom. The molecule has 7 aromatic carbocycles. The lowest BCUT2D eigenvalue weighted by atomic mass is 10.0. The molecule has 0 aliphatic heterocycles. The standard InChI is InChI=1S/C46H28N4S/c1-3-11-29(12-4-1)46-47-27-31(28-48-46)30-19-21-37-41(25-30)50(33-20-22-35-34-15-8-10-18-42(34)51-43(35)26-33)40-24-23-39-44(45(37)40)36-16-7-9-17-38(36)49(39)32-13-5-2-6-14-32/h1-28H. The van der Waals surface area contributed by atoms with Gasteiger partial charge in [0.1, 0.15) is 0 Å². The smallest absolute Gasteiger partial charge is 0.159 e. The number of fused-ring (bicyclic) bond motifs is 10. The van der Waals surface area contributed by atoms with Gasteiger partial charge >= 0.3 is 0 Å². The summed E-state index contributed by atoms with van der Waals surface area (Å²) in [6.45, 7) is 0. The summed E-state index contributed by atoms with van der Waals surface area (Å²) in [6.07, 6.45) is 3.89. The molecule has 0 atom stereocenters. The molecule has 238 valence electrons. The highest BCUT2D eigenvalue weighted by molar-refractivity contribution is 7.25. The molecule has 0 amide bonds. The van der Waals surface area contributed by atoms with E-state index in [1.54, 1.807) is 0 Å². The third kappa shape index (κ3) is 4.25. The fourth-order valence-electron chi connectivity index (χ4n) is 7.95. The number of para-hydroxylation sites is 2. The SMILES string of the molecule is c1ccc(-c2ncc(-c3ccc4c5c6c7ccccc7n(-c7ccccc7)c6ccc5n(-c5ccc6c(c5)sc5ccccc56)c4c3)cn2)cc1. The highest BCUT2D eigenvalue weighted by Crippen LogP contribution is 2.44. The second-order valence-corrected chi connectivity index (χ2v) is 14.1. The number of thiophene rings is 1. The van der Waals surface area contributed by atoms with E-state index in [4.69, 9.17) is 9.97 Å². The lowest BCUT2D eigenvalue weighted by molar-refractivity contribution is 1.17. The van der Waals surface area contributed by atoms with Crippen LogP contribution in [0.15, 0.2) is 170 Å². The molecule has 0 bridgehead atoms. The van der Waals surface area contributed by atoms with Crippen LogP contribution in [0.5, 0.6) is 0 Å². The third-order valence-corrected chi connectivity index (χ3v) is 11.4. The zero-order chi connectivity index (χ0) is 33.5. The van der Waals surface area contributed by atoms with E-state index in [0.29, 0.717) is 0 Å². The highest BCUT2D eigenvalue weighted by Gasteiger charge is 2.21. The zero-order valence-corrected chi connectivity index (χ0v) is 28.2. The predicted octanol–water partition coefficient (Wildman–Crippen LogP) is 12.4. The van der Waals surface area contributed by atoms with Crippen molar-refractivity contribution >= 4 is 75.1 Å². The summed E-state index contributed by atoms with van der Waals surface area (Å²) in [6, 6.07) is 56.7. The fraction of sp³-hybridized carbons (Fsp3) is 0. The largest absolute Gasteiger partial charge is 0.309 e. The first-order valence-electron chi connectivity index (χ1n) is 17.2. The van der Waals surface area contributed by atoms with E-state index in [9.17, 15) is 0 Å². The maximum absolute atomic E-state index is 4.77. The number of benzene rings is 7. The molecule has 0 fully saturated rings. The van der Waals surface area contributed by atoms with Gasteiger partial charge in [-0.1, -0.05) is 103 Å². The number of nitrogens with zero attached hydrogens (tertiary/aromatic N) is 4. The molecule has 0 aliphatic carbocycles. The number of hydrogen-bond donors (Lipinski definition) is 0. The van der Waals surface area contributed by atoms with Crippen LogP contribution in [0.25, 0.3) is 97.7 Å². The molecule has 5 heteroatoms. The van der Waals surface area contributed by atoms with Crippen molar-refractivity contribution in [1.82, 2.24) is 19.1 Å². The summed E-state index contributed by atoms with van der Waals surface area (Å²) < 4.78 is 7.44. The minimum atomic E-state index is 0.725. The van der Waals surface area contributed by atoms with E-state index >= 15 is 0 Å². The molecular formula is C46H28N4S. The van der Waals surface area contributed by atoms with Crippen molar-refractivity contribution in [3.8, 4) is 33.9 Å². The van der Waals surface area contributed by atoms with Crippen LogP contribution in [0.1, 0.15) is 0 Å². The minimum absolute atomic E-state index is 0.725. The minimum Gasteiger partial charge on any atom is -0.309 e. The van der Waals surface area contributed by atoms with Crippen LogP contribution in [-0.2, 0) is 0 Å². The lowest BCUT2D eigenvalue weighted by Gasteiger charge is -2.10. The third-order valence-electron chi connectivity index (χ3n) is 10.2. The van der Waals surface area contributed by atoms with Crippen molar-refractivity contribution in [2.24, 2.45) is 0 Å². The van der Waals surface area contributed by atoms with Gasteiger partial charge in [0.15, 0.2) is 5.82 Å². The molecule has 0 spiro atoms. The van der Waals surface area contributed by atoms with Crippen molar-refractivity contribution < 1.29 is 0 Å². The molecular weight excluding hydrogens is 641 g/mol. The van der Waals surface area contributed by atoms with Crippen LogP contribution in [-0.4, -0.2) is 19.1 Å². The fourth-order valence-corrected chi connectivity index (χ4v) is 9.09. The summed E-state index contributed by atoms with van der Waals surface area (Å²) >= 11 is 1.86. The second-order valence-electron chi connectivity index (χ2n) is 13.0. The number of hydrogen-bond acceptors (Lipinski definition) is 3. The van der Waals surface area contributed by atoms with Gasteiger partial charge in [0, 0.05) is 76.6 Å². The molecule has 4 aromatic heterocycles. The van der Waals surface area contributed by atoms with Gasteiger partial charge in [0.25, 0.3) is 0 Å². The van der Waals surface area contributed by atoms with Crippen LogP contribution in [0.4, 0.5) is 0 Å². The molecule has 0 aliphatic rings. The molecule has 11 rings (SSSR count). The first-order valence-corrected chi connectivity index (χ1v) is 18.0. The Balaban J connectivity index is 1.21. The Kier molecular flexibility index (Phi) is 6.09. The molecule has 0 radical (unpaired) electrons. The van der Waals surface area contributed by atoms with Gasteiger partial charge in [-0.2, -0.15) is 0 Å². The Morgan fingerprint density at radius 1 is 0.373 bits per heavy atom. The molecule has 0 N–H and O–H groups in total. The van der Waals surface area contributed by atoms with Crippen LogP contribution >= 0.6 is 11.3 Å². The molecule has 11 aromatic rings. The molecule has 0 unspecified atom stereocenters. The highest BCUT2D eigenvalue weighted by atomic mass is 32.1. The summed E-state index contributed by atoms with van der Waals surface area (Å²) in [5, 5.41) is 7.59. The molecule has 0 saturated carbocycles. The van der Waals surface area contributed by atoms with E-state index in [1.165, 1.54) is 58.3 Å². The van der Waals surface area contributed by atoms with Gasteiger partial charge in [-0.05, 0) is 60.2 Å². The van der Waals surface area contributed by atoms with Gasteiger partial charge < -0.3 is 9.13 Å². The van der Waals surface area contributed by atoms with Crippen LogP contribution < -0.4 is 0 Å². The van der Waals surface area contributed by atoms with Gasteiger partial charge in [-0.3, -0.25) is 0 Å². The average molecular weight is 669 g/mol. The Hall–Kier alpha value is -6.56. The summed E-state index contributed by atoms with van der Waals surface area (Å²) in [4.78, 5) is 9.54. The predicted molar refractivity (Wildman–Crippen MR) is 214 cm³/mol. The molecule has 4 heterocycles. The van der Waals surface area contributed by atoms with E-state index in [-0.39, 0.29) is 0 Å². The van der Waals surface area contributed by atoms with Crippen LogP contribution in [0, 0.1) is 0 Å². The lowest BCUT2D eigenvalue weighted by Crippen LogP contribution is -1.95. The maximum Gasteiger partial charge on any atom is 0.159 e. The van der Waals surface area contributed by atoms with E-state index in [1.807, 2.05) is 54.1 Å². The molecule has 51 heavy (non-hydrogen) atoms. The number of aromatic nitrogens is 4. The summed E-state index contributed by atoms with van der Waals surface area (Å²) in [5.41, 5.74) is 10.1. The topological polar surface area (TPSA) is 35.6 Å². The van der Waals surface area contributed by atoms with Crippen molar-refractivity contribution in [1.29, 1.82) is 0 Å². The summed E-state index contributed by atoms with van der Waals surface area (Å²) in [7, 11) is 0. The molecule has 0 saturated heterocycles. The monoisotopic (exact) mass is 668 g/mol. The first kappa shape index (κ1) is 28.3. The van der Waals surface area contributed by atoms with Crippen molar-refractivity contribution in [3.05, 3.63) is 170 Å². The van der Waals surface area contributed by atoms with Gasteiger partial charge in [-0.15, -0.1) is 11.3 Å². The maximum atomic E-state index is 4.77. The van der Waals surface area contributed by atoms with Gasteiger partial charge in [0.2, 0.25) is 0 Å². The molecule has 4 nitrogen and oxygen atoms in total. The summed E-state index contributed by atoms with van der Waals surface area (Å²) in [5.74, 6) is 0.725. The Bertz CT molecular complexity index is 3120. The van der Waals surface area contributed by atoms with Gasteiger partial charge in [-0.25, -0.2) is 9.97 Å². The van der Waals surface area contributed by atoms with E-state index in [2.05, 4.69) is 137 Å². The first-order chi connectivity index (χ1) is 25.3. The van der Waals surface area contributed by atoms with Crippen molar-refractivity contribution in [3.63, 3.8) is 0 Å². The average Bonchev–Trinajstić information content (AvgIpc) is 3.85. The van der Waals surface area contributed by atoms with Crippen LogP contribution in [0.2, 0.25) is 0 Å². The van der Waals surface area contributed by atoms with Crippen molar-refractivity contribution in [2.75, 3.05) is 0 Å². The quantitative estimate of drug-likeness (QED) is 0.187.